The Labute approximate surface area is 209 Å². The first-order valence-corrected chi connectivity index (χ1v) is 13.1. The second-order valence-corrected chi connectivity index (χ2v) is 10.8. The number of carbonyl (C=O) groups excluding carboxylic acids is 2. The maximum atomic E-state index is 14.3. The average Bonchev–Trinajstić information content (AvgIpc) is 3.08. The summed E-state index contributed by atoms with van der Waals surface area (Å²) in [6, 6.07) is 18.7. The van der Waals surface area contributed by atoms with Crippen molar-refractivity contribution in [2.45, 2.75) is 62.6 Å². The lowest BCUT2D eigenvalue weighted by molar-refractivity contribution is 0.0475. The number of anilines is 1. The molecule has 186 valence electrons. The first-order chi connectivity index (χ1) is 16.9. The quantitative estimate of drug-likeness (QED) is 0.636. The van der Waals surface area contributed by atoms with E-state index < -0.39 is 0 Å². The van der Waals surface area contributed by atoms with Gasteiger partial charge in [0.2, 0.25) is 0 Å². The molecule has 1 atom stereocenters. The van der Waals surface area contributed by atoms with Crippen molar-refractivity contribution < 1.29 is 9.59 Å². The van der Waals surface area contributed by atoms with Crippen LogP contribution in [0.15, 0.2) is 54.6 Å². The fourth-order valence-electron chi connectivity index (χ4n) is 6.45. The van der Waals surface area contributed by atoms with Crippen LogP contribution in [0.5, 0.6) is 0 Å². The van der Waals surface area contributed by atoms with Crippen molar-refractivity contribution in [3.05, 3.63) is 65.7 Å². The molecule has 3 amide bonds. The van der Waals surface area contributed by atoms with Crippen molar-refractivity contribution >= 4 is 17.6 Å². The van der Waals surface area contributed by atoms with Crippen molar-refractivity contribution in [1.29, 1.82) is 0 Å². The summed E-state index contributed by atoms with van der Waals surface area (Å²) in [4.78, 5) is 33.0. The zero-order chi connectivity index (χ0) is 24.6. The predicted octanol–water partition coefficient (Wildman–Crippen LogP) is 5.07. The SMILES string of the molecule is CNC(=O)c1ccc(N2C(=O)N(CC3CCC3)C3(CCC(N(C)C)CC3)C2c2ccccc2)cc1. The van der Waals surface area contributed by atoms with E-state index >= 15 is 0 Å². The molecular weight excluding hydrogens is 436 g/mol. The molecule has 3 aliphatic rings. The highest BCUT2D eigenvalue weighted by atomic mass is 16.2. The lowest BCUT2D eigenvalue weighted by Crippen LogP contribution is -2.54. The minimum absolute atomic E-state index is 0.0507. The third-order valence-electron chi connectivity index (χ3n) is 8.71. The van der Waals surface area contributed by atoms with Gasteiger partial charge in [0, 0.05) is 30.9 Å². The summed E-state index contributed by atoms with van der Waals surface area (Å²) >= 11 is 0. The van der Waals surface area contributed by atoms with Crippen LogP contribution >= 0.6 is 0 Å². The van der Waals surface area contributed by atoms with Crippen LogP contribution in [0.25, 0.3) is 0 Å². The van der Waals surface area contributed by atoms with Gasteiger partial charge in [-0.3, -0.25) is 9.69 Å². The van der Waals surface area contributed by atoms with Crippen molar-refractivity contribution in [3.8, 4) is 0 Å². The van der Waals surface area contributed by atoms with Crippen molar-refractivity contribution in [1.82, 2.24) is 15.1 Å². The van der Waals surface area contributed by atoms with Crippen LogP contribution in [-0.4, -0.2) is 61.0 Å². The van der Waals surface area contributed by atoms with Crippen LogP contribution < -0.4 is 10.2 Å². The lowest BCUT2D eigenvalue weighted by Gasteiger charge is -2.48. The Morgan fingerprint density at radius 2 is 1.66 bits per heavy atom. The number of carbonyl (C=O) groups is 2. The van der Waals surface area contributed by atoms with E-state index in [0.717, 1.165) is 37.9 Å². The molecule has 35 heavy (non-hydrogen) atoms. The highest BCUT2D eigenvalue weighted by Crippen LogP contribution is 2.53. The van der Waals surface area contributed by atoms with Gasteiger partial charge in [-0.2, -0.15) is 0 Å². The van der Waals surface area contributed by atoms with Crippen LogP contribution in [0.2, 0.25) is 0 Å². The highest BCUT2D eigenvalue weighted by molar-refractivity contribution is 5.98. The molecule has 5 rings (SSSR count). The zero-order valence-electron chi connectivity index (χ0n) is 21.2. The Morgan fingerprint density at radius 1 is 1.00 bits per heavy atom. The van der Waals surface area contributed by atoms with Gasteiger partial charge >= 0.3 is 6.03 Å². The number of amides is 3. The normalized spacial score (nSPS) is 26.9. The van der Waals surface area contributed by atoms with Crippen molar-refractivity contribution in [2.75, 3.05) is 32.6 Å². The van der Waals surface area contributed by atoms with Crippen LogP contribution in [-0.2, 0) is 0 Å². The summed E-state index contributed by atoms with van der Waals surface area (Å²) in [7, 11) is 5.98. The number of hydrogen-bond acceptors (Lipinski definition) is 3. The fourth-order valence-corrected chi connectivity index (χ4v) is 6.45. The third-order valence-corrected chi connectivity index (χ3v) is 8.71. The summed E-state index contributed by atoms with van der Waals surface area (Å²) in [5, 5.41) is 2.68. The number of benzene rings is 2. The van der Waals surface area contributed by atoms with Crippen LogP contribution in [0, 0.1) is 5.92 Å². The molecule has 1 N–H and O–H groups in total. The molecule has 6 nitrogen and oxygen atoms in total. The molecule has 3 fully saturated rings. The number of hydrogen-bond donors (Lipinski definition) is 1. The molecule has 2 aliphatic carbocycles. The Hall–Kier alpha value is -2.86. The van der Waals surface area contributed by atoms with Crippen LogP contribution in [0.1, 0.15) is 66.9 Å². The Balaban J connectivity index is 1.58. The van der Waals surface area contributed by atoms with E-state index in [1.807, 2.05) is 35.2 Å². The summed E-state index contributed by atoms with van der Waals surface area (Å²) in [6.45, 7) is 0.849. The topological polar surface area (TPSA) is 55.9 Å². The molecule has 1 heterocycles. The first-order valence-electron chi connectivity index (χ1n) is 13.1. The second kappa shape index (κ2) is 9.65. The summed E-state index contributed by atoms with van der Waals surface area (Å²) in [5.74, 6) is 0.489. The number of nitrogens with one attached hydrogen (secondary N) is 1. The van der Waals surface area contributed by atoms with Gasteiger partial charge < -0.3 is 15.1 Å². The molecule has 2 aromatic rings. The molecular formula is C29H38N4O2. The Kier molecular flexibility index (Phi) is 6.58. The lowest BCUT2D eigenvalue weighted by atomic mass is 9.71. The smallest absolute Gasteiger partial charge is 0.325 e. The number of urea groups is 1. The second-order valence-electron chi connectivity index (χ2n) is 10.8. The Morgan fingerprint density at radius 3 is 2.20 bits per heavy atom. The van der Waals surface area contributed by atoms with E-state index in [0.29, 0.717) is 17.5 Å². The van der Waals surface area contributed by atoms with Gasteiger partial charge in [-0.05, 0) is 88.4 Å². The van der Waals surface area contributed by atoms with Gasteiger partial charge in [-0.15, -0.1) is 0 Å². The molecule has 1 aliphatic heterocycles. The predicted molar refractivity (Wildman–Crippen MR) is 140 cm³/mol. The number of rotatable bonds is 6. The average molecular weight is 475 g/mol. The first kappa shape index (κ1) is 23.9. The molecule has 1 saturated heterocycles. The molecule has 1 spiro atoms. The van der Waals surface area contributed by atoms with E-state index in [4.69, 9.17) is 0 Å². The third kappa shape index (κ3) is 4.22. The van der Waals surface area contributed by atoms with Gasteiger partial charge in [0.1, 0.15) is 0 Å². The maximum Gasteiger partial charge on any atom is 0.325 e. The fraction of sp³-hybridized carbons (Fsp3) is 0.517. The van der Waals surface area contributed by atoms with E-state index in [2.05, 4.69) is 53.5 Å². The molecule has 0 aromatic heterocycles. The van der Waals surface area contributed by atoms with Gasteiger partial charge in [-0.25, -0.2) is 4.79 Å². The molecule has 2 saturated carbocycles. The van der Waals surface area contributed by atoms with E-state index in [1.165, 1.54) is 24.8 Å². The Bertz CT molecular complexity index is 1040. The highest BCUT2D eigenvalue weighted by Gasteiger charge is 2.59. The largest absolute Gasteiger partial charge is 0.355 e. The van der Waals surface area contributed by atoms with Gasteiger partial charge in [0.05, 0.1) is 11.6 Å². The van der Waals surface area contributed by atoms with Gasteiger partial charge in [0.25, 0.3) is 5.91 Å². The maximum absolute atomic E-state index is 14.3. The number of nitrogens with zero attached hydrogens (tertiary/aromatic N) is 3. The monoisotopic (exact) mass is 474 g/mol. The summed E-state index contributed by atoms with van der Waals surface area (Å²) in [6.07, 6.45) is 7.90. The molecule has 0 radical (unpaired) electrons. The zero-order valence-corrected chi connectivity index (χ0v) is 21.2. The van der Waals surface area contributed by atoms with Crippen molar-refractivity contribution in [2.24, 2.45) is 5.92 Å². The summed E-state index contributed by atoms with van der Waals surface area (Å²) < 4.78 is 0. The van der Waals surface area contributed by atoms with Crippen LogP contribution in [0.3, 0.4) is 0 Å². The van der Waals surface area contributed by atoms with E-state index in [1.54, 1.807) is 7.05 Å². The van der Waals surface area contributed by atoms with Crippen LogP contribution in [0.4, 0.5) is 10.5 Å². The molecule has 6 heteroatoms. The minimum Gasteiger partial charge on any atom is -0.355 e. The van der Waals surface area contributed by atoms with Crippen molar-refractivity contribution in [3.63, 3.8) is 0 Å². The van der Waals surface area contributed by atoms with E-state index in [9.17, 15) is 9.59 Å². The molecule has 2 aromatic carbocycles. The van der Waals surface area contributed by atoms with Gasteiger partial charge in [0.15, 0.2) is 0 Å². The molecule has 0 bridgehead atoms. The summed E-state index contributed by atoms with van der Waals surface area (Å²) in [5.41, 5.74) is 2.43. The van der Waals surface area contributed by atoms with Gasteiger partial charge in [-0.1, -0.05) is 36.8 Å². The standard InChI is InChI=1S/C29H38N4O2/c1-30-27(34)23-12-14-25(15-13-23)33-26(22-10-5-4-6-11-22)29(18-16-24(17-19-29)31(2)3)32(28(33)35)20-21-8-7-9-21/h4-6,10-15,21,24,26H,7-9,16-20H2,1-3H3,(H,30,34). The van der Waals surface area contributed by atoms with E-state index in [-0.39, 0.29) is 23.5 Å². The minimum atomic E-state index is -0.222. The molecule has 1 unspecified atom stereocenters.